The van der Waals surface area contributed by atoms with Gasteiger partial charge >= 0.3 is 5.97 Å². The summed E-state index contributed by atoms with van der Waals surface area (Å²) in [4.78, 5) is 19.6. The average Bonchev–Trinajstić information content (AvgIpc) is 1.61. The van der Waals surface area contributed by atoms with Crippen LogP contribution in [0, 0.1) is 7.43 Å². The lowest BCUT2D eigenvalue weighted by molar-refractivity contribution is -0.138. The Hall–Kier alpha value is -1.06. The second-order valence-electron chi connectivity index (χ2n) is 1.36. The minimum Gasteiger partial charge on any atom is -0.481 e. The highest BCUT2D eigenvalue weighted by molar-refractivity contribution is 5.79. The largest absolute Gasteiger partial charge is 0.481 e. The maximum Gasteiger partial charge on any atom is 0.303 e. The molecule has 4 radical (unpaired) electrons. The number of carbonyl (C=O) groups is 2. The van der Waals surface area contributed by atoms with Gasteiger partial charge in [0.15, 0.2) is 0 Å². The van der Waals surface area contributed by atoms with Crippen molar-refractivity contribution < 1.29 is 14.7 Å². The molecule has 0 aliphatic rings. The lowest BCUT2D eigenvalue weighted by atomic mass is 10.3. The first-order valence-electron chi connectivity index (χ1n) is 2.13. The number of amides is 1. The third-order valence-electron chi connectivity index (χ3n) is 0.585. The van der Waals surface area contributed by atoms with Gasteiger partial charge in [-0.25, -0.2) is 0 Å². The molecule has 0 saturated carbocycles. The molecule has 0 unspecified atom stereocenters. The number of hydrogen-bond acceptors (Lipinski definition) is 2. The van der Waals surface area contributed by atoms with Crippen molar-refractivity contribution in [2.75, 3.05) is 0 Å². The number of carbonyl (C=O) groups excluding carboxylic acids is 1. The Balaban J connectivity index is 0. The van der Waals surface area contributed by atoms with Crippen LogP contribution in [-0.2, 0) is 9.59 Å². The molecule has 0 aliphatic heterocycles. The molecule has 3 N–H and O–H groups in total. The molecule has 0 saturated heterocycles. The molecule has 0 spiro atoms. The highest BCUT2D eigenvalue weighted by atomic mass is 16.4. The minimum atomic E-state index is -0.996. The van der Waals surface area contributed by atoms with E-state index in [4.69, 9.17) is 5.11 Å². The molecule has 0 rings (SSSR count). The van der Waals surface area contributed by atoms with Crippen LogP contribution in [0.3, 0.4) is 0 Å². The van der Waals surface area contributed by atoms with E-state index in [1.165, 1.54) is 0 Å². The first-order chi connectivity index (χ1) is 3.63. The van der Waals surface area contributed by atoms with Crippen LogP contribution >= 0.6 is 0 Å². The van der Waals surface area contributed by atoms with Crippen molar-refractivity contribution in [1.82, 2.24) is 0 Å². The topological polar surface area (TPSA) is 80.4 Å². The van der Waals surface area contributed by atoms with E-state index in [1.54, 1.807) is 0 Å². The summed E-state index contributed by atoms with van der Waals surface area (Å²) < 4.78 is 0. The van der Waals surface area contributed by atoms with Crippen LogP contribution in [0.5, 0.6) is 0 Å². The first-order valence-corrected chi connectivity index (χ1v) is 2.13. The van der Waals surface area contributed by atoms with E-state index in [0.717, 1.165) is 0 Å². The van der Waals surface area contributed by atoms with Crippen LogP contribution in [0.15, 0.2) is 0 Å². The van der Waals surface area contributed by atoms with Gasteiger partial charge in [-0.2, -0.15) is 0 Å². The Bertz CT molecular complexity index is 96.8. The minimum absolute atomic E-state index is 0. The van der Waals surface area contributed by atoms with E-state index < -0.39 is 11.9 Å². The van der Waals surface area contributed by atoms with E-state index in [1.807, 2.05) is 0 Å². The maximum absolute atomic E-state index is 9.86. The molecule has 0 fully saturated rings. The van der Waals surface area contributed by atoms with E-state index >= 15 is 0 Å². The van der Waals surface area contributed by atoms with Crippen LogP contribution < -0.4 is 5.73 Å². The Morgan fingerprint density at radius 1 is 1.33 bits per heavy atom. The molecule has 0 bridgehead atoms. The van der Waals surface area contributed by atoms with Crippen molar-refractivity contribution in [1.29, 1.82) is 0 Å². The van der Waals surface area contributed by atoms with Gasteiger partial charge in [-0.05, 0) is 0 Å². The summed E-state index contributed by atoms with van der Waals surface area (Å²) in [6.07, 6.45) is -0.245. The van der Waals surface area contributed by atoms with Crippen molar-refractivity contribution in [3.63, 3.8) is 0 Å². The lowest BCUT2D eigenvalue weighted by Gasteiger charge is -1.86. The van der Waals surface area contributed by atoms with Crippen molar-refractivity contribution in [3.05, 3.63) is 7.43 Å². The van der Waals surface area contributed by atoms with E-state index in [9.17, 15) is 9.59 Å². The van der Waals surface area contributed by atoms with Crippen molar-refractivity contribution in [2.45, 2.75) is 12.8 Å². The summed E-state index contributed by atoms with van der Waals surface area (Å²) >= 11 is 0. The number of carboxylic acids is 1. The molecule has 1 amide bonds. The summed E-state index contributed by atoms with van der Waals surface area (Å²) in [5, 5.41) is 7.95. The number of rotatable bonds is 3. The van der Waals surface area contributed by atoms with Crippen molar-refractivity contribution in [2.24, 2.45) is 5.73 Å². The quantitative estimate of drug-likeness (QED) is 0.534. The van der Waals surface area contributed by atoms with Crippen LogP contribution in [0.25, 0.3) is 0 Å². The fraction of sp³-hybridized carbons (Fsp3) is 0.400. The van der Waals surface area contributed by atoms with E-state index in [0.29, 0.717) is 0 Å². The molecule has 0 aliphatic carbocycles. The molecule has 4 nitrogen and oxygen atoms in total. The molecule has 0 aromatic heterocycles. The number of carboxylic acid groups (broad SMARTS) is 1. The molecule has 0 aromatic rings. The second-order valence-corrected chi connectivity index (χ2v) is 1.36. The van der Waals surface area contributed by atoms with Gasteiger partial charge in [0.05, 0.1) is 6.42 Å². The molecular formula is C5H7NO3. The summed E-state index contributed by atoms with van der Waals surface area (Å²) in [5.41, 5.74) is 4.64. The smallest absolute Gasteiger partial charge is 0.303 e. The molecular weight excluding hydrogens is 122 g/mol. The highest BCUT2D eigenvalue weighted by Crippen LogP contribution is 1.84. The number of hydrogen-bond donors (Lipinski definition) is 2. The summed E-state index contributed by atoms with van der Waals surface area (Å²) in [6, 6.07) is 0. The predicted octanol–water partition coefficient (Wildman–Crippen LogP) is -0.582. The molecule has 4 heteroatoms. The van der Waals surface area contributed by atoms with Gasteiger partial charge in [-0.3, -0.25) is 9.59 Å². The number of primary amides is 1. The molecule has 0 atom stereocenters. The SMILES string of the molecule is NC(=O)CCC(=O)O.[C]. The lowest BCUT2D eigenvalue weighted by Crippen LogP contribution is -2.12. The first kappa shape index (κ1) is 10.8. The van der Waals surface area contributed by atoms with Crippen molar-refractivity contribution >= 4 is 11.9 Å². The predicted molar refractivity (Wildman–Crippen MR) is 29.3 cm³/mol. The van der Waals surface area contributed by atoms with Gasteiger partial charge in [0.25, 0.3) is 0 Å². The molecule has 9 heavy (non-hydrogen) atoms. The Labute approximate surface area is 53.7 Å². The zero-order chi connectivity index (χ0) is 6.57. The van der Waals surface area contributed by atoms with Gasteiger partial charge < -0.3 is 10.8 Å². The van der Waals surface area contributed by atoms with Gasteiger partial charge in [0, 0.05) is 13.8 Å². The van der Waals surface area contributed by atoms with Crippen LogP contribution in [0.1, 0.15) is 12.8 Å². The standard InChI is InChI=1S/C4H7NO3.C/c5-3(6)1-2-4(7)8;/h1-2H2,(H2,5,6)(H,7,8);. The third-order valence-corrected chi connectivity index (χ3v) is 0.585. The van der Waals surface area contributed by atoms with Gasteiger partial charge in [-0.15, -0.1) is 0 Å². The van der Waals surface area contributed by atoms with Crippen LogP contribution in [-0.4, -0.2) is 17.0 Å². The molecule has 0 aromatic carbocycles. The fourth-order valence-electron chi connectivity index (χ4n) is 0.230. The van der Waals surface area contributed by atoms with E-state index in [2.05, 4.69) is 5.73 Å². The average molecular weight is 129 g/mol. The Morgan fingerprint density at radius 3 is 1.89 bits per heavy atom. The zero-order valence-corrected chi connectivity index (χ0v) is 4.76. The van der Waals surface area contributed by atoms with Crippen LogP contribution in [0.2, 0.25) is 0 Å². The summed E-state index contributed by atoms with van der Waals surface area (Å²) in [7, 11) is 0. The highest BCUT2D eigenvalue weighted by Gasteiger charge is 1.98. The summed E-state index contributed by atoms with van der Waals surface area (Å²) in [6.45, 7) is 0. The van der Waals surface area contributed by atoms with Gasteiger partial charge in [0.1, 0.15) is 0 Å². The monoisotopic (exact) mass is 129 g/mol. The Morgan fingerprint density at radius 2 is 1.78 bits per heavy atom. The summed E-state index contributed by atoms with van der Waals surface area (Å²) in [5.74, 6) is -1.57. The van der Waals surface area contributed by atoms with Gasteiger partial charge in [-0.1, -0.05) is 0 Å². The molecule has 50 valence electrons. The Kier molecular flexibility index (Phi) is 6.12. The number of nitrogens with two attached hydrogens (primary N) is 1. The molecule has 0 heterocycles. The van der Waals surface area contributed by atoms with Crippen LogP contribution in [0.4, 0.5) is 0 Å². The zero-order valence-electron chi connectivity index (χ0n) is 4.76. The normalized spacial score (nSPS) is 7.56. The third kappa shape index (κ3) is 10.9. The van der Waals surface area contributed by atoms with Crippen molar-refractivity contribution in [3.8, 4) is 0 Å². The van der Waals surface area contributed by atoms with E-state index in [-0.39, 0.29) is 20.3 Å². The maximum atomic E-state index is 9.86. The number of aliphatic carboxylic acids is 1. The van der Waals surface area contributed by atoms with Gasteiger partial charge in [0.2, 0.25) is 5.91 Å². The fourth-order valence-corrected chi connectivity index (χ4v) is 0.230. The second kappa shape index (κ2) is 5.08.